The maximum absolute atomic E-state index is 12.9. The van der Waals surface area contributed by atoms with Gasteiger partial charge in [-0.3, -0.25) is 9.89 Å². The zero-order chi connectivity index (χ0) is 16.7. The minimum Gasteiger partial charge on any atom is -0.341 e. The molecule has 2 atom stereocenters. The number of likely N-dealkylation sites (tertiary alicyclic amines) is 1. The molecule has 126 valence electrons. The molecule has 4 rings (SSSR count). The number of rotatable bonds is 4. The van der Waals surface area contributed by atoms with Crippen LogP contribution in [-0.4, -0.2) is 34.1 Å². The molecule has 1 saturated carbocycles. The summed E-state index contributed by atoms with van der Waals surface area (Å²) in [6.07, 6.45) is -0.652. The van der Waals surface area contributed by atoms with Gasteiger partial charge in [0, 0.05) is 36.5 Å². The van der Waals surface area contributed by atoms with E-state index in [-0.39, 0.29) is 29.4 Å². The van der Waals surface area contributed by atoms with Crippen LogP contribution in [0, 0.1) is 5.92 Å². The topological polar surface area (TPSA) is 49.0 Å². The van der Waals surface area contributed by atoms with Gasteiger partial charge in [0.05, 0.1) is 0 Å². The number of H-pyrrole nitrogens is 1. The molecule has 0 unspecified atom stereocenters. The summed E-state index contributed by atoms with van der Waals surface area (Å²) >= 11 is 0. The molecule has 1 aromatic carbocycles. The molecule has 24 heavy (non-hydrogen) atoms. The molecule has 2 fully saturated rings. The van der Waals surface area contributed by atoms with Crippen molar-refractivity contribution in [3.05, 3.63) is 53.3 Å². The van der Waals surface area contributed by atoms with Crippen LogP contribution in [0.2, 0.25) is 0 Å². The minimum absolute atomic E-state index is 0.0323. The van der Waals surface area contributed by atoms with E-state index in [1.165, 1.54) is 6.07 Å². The van der Waals surface area contributed by atoms with Crippen molar-refractivity contribution in [3.8, 4) is 0 Å². The molecule has 0 spiro atoms. The van der Waals surface area contributed by atoms with Crippen molar-refractivity contribution in [2.24, 2.45) is 5.92 Å². The van der Waals surface area contributed by atoms with Gasteiger partial charge in [0.2, 0.25) is 5.91 Å². The standard InChI is InChI=1S/C18H19F2N3O/c19-17(20)16-8-15(21-22-16)14-10-23(18(24)12-6-7-12)9-13(14)11-4-2-1-3-5-11/h1-5,8,12-14,17H,6-7,9-10H2,(H,21,22)/t13-,14+/m0/s1. The van der Waals surface area contributed by atoms with Gasteiger partial charge in [0.25, 0.3) is 6.43 Å². The Hall–Kier alpha value is -2.24. The third kappa shape index (κ3) is 2.81. The molecule has 1 aliphatic carbocycles. The number of carbonyl (C=O) groups is 1. The molecule has 4 nitrogen and oxygen atoms in total. The molecule has 1 aromatic heterocycles. The first kappa shape index (κ1) is 15.3. The number of aromatic amines is 1. The Morgan fingerprint density at radius 1 is 1.17 bits per heavy atom. The van der Waals surface area contributed by atoms with Gasteiger partial charge in [0.1, 0.15) is 5.69 Å². The summed E-state index contributed by atoms with van der Waals surface area (Å²) in [6.45, 7) is 1.19. The van der Waals surface area contributed by atoms with Gasteiger partial charge >= 0.3 is 0 Å². The van der Waals surface area contributed by atoms with E-state index in [0.717, 1.165) is 18.4 Å². The molecule has 6 heteroatoms. The number of nitrogens with one attached hydrogen (secondary N) is 1. The third-order valence-corrected chi connectivity index (χ3v) is 5.03. The number of halogens is 2. The highest BCUT2D eigenvalue weighted by Crippen LogP contribution is 2.42. The summed E-state index contributed by atoms with van der Waals surface area (Å²) in [6, 6.07) is 11.4. The van der Waals surface area contributed by atoms with Crippen LogP contribution >= 0.6 is 0 Å². The molecule has 2 aromatic rings. The highest BCUT2D eigenvalue weighted by Gasteiger charge is 2.42. The van der Waals surface area contributed by atoms with Crippen LogP contribution in [0.15, 0.2) is 36.4 Å². The fourth-order valence-electron chi connectivity index (χ4n) is 3.58. The van der Waals surface area contributed by atoms with Gasteiger partial charge in [-0.25, -0.2) is 8.78 Å². The summed E-state index contributed by atoms with van der Waals surface area (Å²) in [5.74, 6) is 0.431. The van der Waals surface area contributed by atoms with E-state index in [4.69, 9.17) is 0 Å². The second-order valence-corrected chi connectivity index (χ2v) is 6.69. The number of amides is 1. The molecule has 0 bridgehead atoms. The fraction of sp³-hybridized carbons (Fsp3) is 0.444. The normalized spacial score (nSPS) is 23.9. The van der Waals surface area contributed by atoms with Crippen LogP contribution in [0.25, 0.3) is 0 Å². The van der Waals surface area contributed by atoms with E-state index in [1.807, 2.05) is 35.2 Å². The number of alkyl halides is 2. The van der Waals surface area contributed by atoms with Gasteiger partial charge in [-0.05, 0) is 24.5 Å². The lowest BCUT2D eigenvalue weighted by Crippen LogP contribution is -2.30. The van der Waals surface area contributed by atoms with E-state index < -0.39 is 6.43 Å². The van der Waals surface area contributed by atoms with Gasteiger partial charge in [-0.15, -0.1) is 0 Å². The first-order valence-corrected chi connectivity index (χ1v) is 8.30. The Morgan fingerprint density at radius 2 is 1.88 bits per heavy atom. The molecule has 1 saturated heterocycles. The number of hydrogen-bond acceptors (Lipinski definition) is 2. The Bertz CT molecular complexity index is 727. The maximum atomic E-state index is 12.9. The number of hydrogen-bond donors (Lipinski definition) is 1. The molecular weight excluding hydrogens is 312 g/mol. The summed E-state index contributed by atoms with van der Waals surface area (Å²) in [5, 5.41) is 6.49. The molecule has 1 N–H and O–H groups in total. The highest BCUT2D eigenvalue weighted by atomic mass is 19.3. The van der Waals surface area contributed by atoms with Crippen molar-refractivity contribution in [2.45, 2.75) is 31.1 Å². The Morgan fingerprint density at radius 3 is 2.50 bits per heavy atom. The Balaban J connectivity index is 1.63. The maximum Gasteiger partial charge on any atom is 0.282 e. The van der Waals surface area contributed by atoms with Crippen LogP contribution in [0.3, 0.4) is 0 Å². The summed E-state index contributed by atoms with van der Waals surface area (Å²) in [7, 11) is 0. The Kier molecular flexibility index (Phi) is 3.82. The van der Waals surface area contributed by atoms with Crippen molar-refractivity contribution < 1.29 is 13.6 Å². The van der Waals surface area contributed by atoms with Crippen LogP contribution in [0.4, 0.5) is 8.78 Å². The van der Waals surface area contributed by atoms with Crippen LogP contribution < -0.4 is 0 Å². The van der Waals surface area contributed by atoms with Gasteiger partial charge in [0.15, 0.2) is 0 Å². The van der Waals surface area contributed by atoms with Gasteiger partial charge < -0.3 is 4.90 Å². The zero-order valence-electron chi connectivity index (χ0n) is 13.2. The third-order valence-electron chi connectivity index (χ3n) is 5.03. The highest BCUT2D eigenvalue weighted by molar-refractivity contribution is 5.81. The van der Waals surface area contributed by atoms with E-state index in [2.05, 4.69) is 10.2 Å². The van der Waals surface area contributed by atoms with Gasteiger partial charge in [-0.2, -0.15) is 5.10 Å². The molecular formula is C18H19F2N3O. The molecule has 2 heterocycles. The predicted octanol–water partition coefficient (Wildman–Crippen LogP) is 3.47. The number of benzene rings is 1. The zero-order valence-corrected chi connectivity index (χ0v) is 13.2. The van der Waals surface area contributed by atoms with Crippen molar-refractivity contribution in [2.75, 3.05) is 13.1 Å². The molecule has 0 radical (unpaired) electrons. The van der Waals surface area contributed by atoms with E-state index >= 15 is 0 Å². The van der Waals surface area contributed by atoms with Crippen LogP contribution in [0.5, 0.6) is 0 Å². The van der Waals surface area contributed by atoms with E-state index in [0.29, 0.717) is 18.8 Å². The second kappa shape index (κ2) is 6.00. The SMILES string of the molecule is O=C(C1CC1)N1C[C@@H](c2ccccc2)[C@H](c2cc(C(F)F)n[nH]2)C1. The number of nitrogens with zero attached hydrogens (tertiary/aromatic N) is 2. The summed E-state index contributed by atoms with van der Waals surface area (Å²) in [5.41, 5.74) is 1.58. The van der Waals surface area contributed by atoms with E-state index in [1.54, 1.807) is 0 Å². The van der Waals surface area contributed by atoms with Crippen molar-refractivity contribution in [3.63, 3.8) is 0 Å². The summed E-state index contributed by atoms with van der Waals surface area (Å²) < 4.78 is 25.7. The quantitative estimate of drug-likeness (QED) is 0.933. The van der Waals surface area contributed by atoms with Gasteiger partial charge in [-0.1, -0.05) is 30.3 Å². The molecule has 1 aliphatic heterocycles. The average molecular weight is 331 g/mol. The second-order valence-electron chi connectivity index (χ2n) is 6.69. The number of carbonyl (C=O) groups excluding carboxylic acids is 1. The Labute approximate surface area is 138 Å². The minimum atomic E-state index is -2.59. The van der Waals surface area contributed by atoms with Crippen molar-refractivity contribution >= 4 is 5.91 Å². The lowest BCUT2D eigenvalue weighted by atomic mass is 9.87. The fourth-order valence-corrected chi connectivity index (χ4v) is 3.58. The van der Waals surface area contributed by atoms with E-state index in [9.17, 15) is 13.6 Å². The van der Waals surface area contributed by atoms with Crippen LogP contribution in [0.1, 0.15) is 48.1 Å². The number of aromatic nitrogens is 2. The predicted molar refractivity (Wildman–Crippen MR) is 84.8 cm³/mol. The van der Waals surface area contributed by atoms with Crippen molar-refractivity contribution in [1.82, 2.24) is 15.1 Å². The lowest BCUT2D eigenvalue weighted by Gasteiger charge is -2.17. The molecule has 1 amide bonds. The lowest BCUT2D eigenvalue weighted by molar-refractivity contribution is -0.131. The summed E-state index contributed by atoms with van der Waals surface area (Å²) in [4.78, 5) is 14.3. The average Bonchev–Trinajstić information content (AvgIpc) is 3.15. The van der Waals surface area contributed by atoms with Crippen molar-refractivity contribution in [1.29, 1.82) is 0 Å². The first-order chi connectivity index (χ1) is 11.6. The first-order valence-electron chi connectivity index (χ1n) is 8.30. The van der Waals surface area contributed by atoms with Crippen LogP contribution in [-0.2, 0) is 4.79 Å². The monoisotopic (exact) mass is 331 g/mol. The molecule has 2 aliphatic rings. The smallest absolute Gasteiger partial charge is 0.282 e. The largest absolute Gasteiger partial charge is 0.341 e.